The zero-order valence-electron chi connectivity index (χ0n) is 13.2. The summed E-state index contributed by atoms with van der Waals surface area (Å²) >= 11 is 0. The number of methoxy groups -OCH3 is 1. The van der Waals surface area contributed by atoms with E-state index in [1.807, 2.05) is 13.0 Å². The third-order valence-electron chi connectivity index (χ3n) is 3.22. The molecule has 0 unspecified atom stereocenters. The molecule has 0 radical (unpaired) electrons. The molecule has 0 heterocycles. The molecule has 22 heavy (non-hydrogen) atoms. The van der Waals surface area contributed by atoms with Crippen LogP contribution < -0.4 is 10.1 Å². The number of benzene rings is 1. The molecule has 6 nitrogen and oxygen atoms in total. The van der Waals surface area contributed by atoms with Crippen molar-refractivity contribution in [3.8, 4) is 5.75 Å². The number of rotatable bonds is 7. The van der Waals surface area contributed by atoms with Gasteiger partial charge in [-0.15, -0.1) is 0 Å². The summed E-state index contributed by atoms with van der Waals surface area (Å²) in [6.07, 6.45) is -0.0893. The zero-order valence-corrected chi connectivity index (χ0v) is 13.2. The lowest BCUT2D eigenvalue weighted by atomic mass is 10.0. The van der Waals surface area contributed by atoms with Crippen molar-refractivity contribution in [3.63, 3.8) is 0 Å². The van der Waals surface area contributed by atoms with Crippen LogP contribution in [-0.2, 0) is 9.59 Å². The molecule has 0 bridgehead atoms. The van der Waals surface area contributed by atoms with Crippen LogP contribution in [0.15, 0.2) is 18.2 Å². The number of carbonyl (C=O) groups is 3. The standard InChI is InChI=1S/C16H21NO5/c1-10-5-7-13(22-4)11(9-10)12(18)6-8-14(19)17-16(2,3)15(20)21/h5,7,9H,6,8H2,1-4H3,(H,17,19)(H,20,21). The van der Waals surface area contributed by atoms with E-state index in [1.54, 1.807) is 12.1 Å². The summed E-state index contributed by atoms with van der Waals surface area (Å²) in [5.41, 5.74) is -0.0188. The lowest BCUT2D eigenvalue weighted by molar-refractivity contribution is -0.146. The van der Waals surface area contributed by atoms with Crippen molar-refractivity contribution in [2.45, 2.75) is 39.2 Å². The Morgan fingerprint density at radius 1 is 1.23 bits per heavy atom. The highest BCUT2D eigenvalue weighted by Gasteiger charge is 2.28. The molecule has 1 amide bonds. The number of ether oxygens (including phenoxy) is 1. The number of nitrogens with one attached hydrogen (secondary N) is 1. The summed E-state index contributed by atoms with van der Waals surface area (Å²) in [7, 11) is 1.48. The number of aryl methyl sites for hydroxylation is 1. The third kappa shape index (κ3) is 4.58. The number of amides is 1. The first-order valence-electron chi connectivity index (χ1n) is 6.89. The molecule has 1 aromatic carbocycles. The second-order valence-corrected chi connectivity index (χ2v) is 5.61. The Balaban J connectivity index is 2.69. The van der Waals surface area contributed by atoms with E-state index in [4.69, 9.17) is 9.84 Å². The van der Waals surface area contributed by atoms with Crippen molar-refractivity contribution in [2.24, 2.45) is 0 Å². The van der Waals surface area contributed by atoms with Crippen LogP contribution in [0, 0.1) is 6.92 Å². The van der Waals surface area contributed by atoms with E-state index in [1.165, 1.54) is 21.0 Å². The molecule has 0 spiro atoms. The van der Waals surface area contributed by atoms with Gasteiger partial charge < -0.3 is 15.2 Å². The van der Waals surface area contributed by atoms with Gasteiger partial charge in [-0.05, 0) is 32.9 Å². The van der Waals surface area contributed by atoms with Gasteiger partial charge in [-0.2, -0.15) is 0 Å². The van der Waals surface area contributed by atoms with Crippen LogP contribution in [0.5, 0.6) is 5.75 Å². The molecule has 0 aliphatic rings. The van der Waals surface area contributed by atoms with E-state index in [2.05, 4.69) is 5.32 Å². The Labute approximate surface area is 129 Å². The molecule has 0 fully saturated rings. The van der Waals surface area contributed by atoms with Gasteiger partial charge in [0.25, 0.3) is 0 Å². The topological polar surface area (TPSA) is 92.7 Å². The second-order valence-electron chi connectivity index (χ2n) is 5.61. The highest BCUT2D eigenvalue weighted by Crippen LogP contribution is 2.21. The van der Waals surface area contributed by atoms with Gasteiger partial charge in [-0.25, -0.2) is 4.79 Å². The Kier molecular flexibility index (Phi) is 5.68. The fourth-order valence-corrected chi connectivity index (χ4v) is 1.87. The molecule has 0 saturated carbocycles. The average molecular weight is 307 g/mol. The summed E-state index contributed by atoms with van der Waals surface area (Å²) in [5, 5.41) is 11.3. The summed E-state index contributed by atoms with van der Waals surface area (Å²) in [6.45, 7) is 4.63. The summed E-state index contributed by atoms with van der Waals surface area (Å²) in [6, 6.07) is 5.24. The van der Waals surface area contributed by atoms with Crippen LogP contribution in [0.2, 0.25) is 0 Å². The monoisotopic (exact) mass is 307 g/mol. The lowest BCUT2D eigenvalue weighted by Gasteiger charge is -2.20. The van der Waals surface area contributed by atoms with Gasteiger partial charge in [-0.3, -0.25) is 9.59 Å². The van der Waals surface area contributed by atoms with E-state index in [0.717, 1.165) is 5.56 Å². The fourth-order valence-electron chi connectivity index (χ4n) is 1.87. The summed E-state index contributed by atoms with van der Waals surface area (Å²) in [4.78, 5) is 34.9. The van der Waals surface area contributed by atoms with Crippen molar-refractivity contribution < 1.29 is 24.2 Å². The van der Waals surface area contributed by atoms with Crippen LogP contribution in [0.25, 0.3) is 0 Å². The van der Waals surface area contributed by atoms with Crippen LogP contribution in [0.4, 0.5) is 0 Å². The predicted octanol–water partition coefficient (Wildman–Crippen LogP) is 1.95. The Bertz CT molecular complexity index is 592. The first-order chi connectivity index (χ1) is 10.2. The largest absolute Gasteiger partial charge is 0.496 e. The molecule has 1 rings (SSSR count). The number of hydrogen-bond donors (Lipinski definition) is 2. The van der Waals surface area contributed by atoms with Gasteiger partial charge in [0, 0.05) is 12.8 Å². The molecular formula is C16H21NO5. The Hall–Kier alpha value is -2.37. The molecule has 0 saturated heterocycles. The molecule has 1 aromatic rings. The van der Waals surface area contributed by atoms with Gasteiger partial charge in [0.2, 0.25) is 5.91 Å². The number of hydrogen-bond acceptors (Lipinski definition) is 4. The van der Waals surface area contributed by atoms with Gasteiger partial charge in [0.15, 0.2) is 5.78 Å². The maximum Gasteiger partial charge on any atom is 0.328 e. The van der Waals surface area contributed by atoms with Crippen LogP contribution >= 0.6 is 0 Å². The highest BCUT2D eigenvalue weighted by atomic mass is 16.5. The van der Waals surface area contributed by atoms with Crippen molar-refractivity contribution in [1.29, 1.82) is 0 Å². The van der Waals surface area contributed by atoms with E-state index in [9.17, 15) is 14.4 Å². The van der Waals surface area contributed by atoms with Gasteiger partial charge in [0.1, 0.15) is 11.3 Å². The molecule has 2 N–H and O–H groups in total. The van der Waals surface area contributed by atoms with Crippen molar-refractivity contribution in [3.05, 3.63) is 29.3 Å². The molecule has 0 atom stereocenters. The second kappa shape index (κ2) is 7.06. The Morgan fingerprint density at radius 2 is 1.86 bits per heavy atom. The first-order valence-corrected chi connectivity index (χ1v) is 6.89. The minimum atomic E-state index is -1.36. The number of carboxylic acid groups (broad SMARTS) is 1. The normalized spacial score (nSPS) is 10.9. The third-order valence-corrected chi connectivity index (χ3v) is 3.22. The van der Waals surface area contributed by atoms with Gasteiger partial charge in [0.05, 0.1) is 12.7 Å². The number of Topliss-reactive ketones (excluding diaryl/α,β-unsaturated/α-hetero) is 1. The zero-order chi connectivity index (χ0) is 16.9. The molecule has 0 aliphatic carbocycles. The number of aliphatic carboxylic acids is 1. The molecule has 6 heteroatoms. The summed E-state index contributed by atoms with van der Waals surface area (Å²) in [5.74, 6) is -1.37. The van der Waals surface area contributed by atoms with Crippen molar-refractivity contribution in [2.75, 3.05) is 7.11 Å². The molecular weight excluding hydrogens is 286 g/mol. The SMILES string of the molecule is COc1ccc(C)cc1C(=O)CCC(=O)NC(C)(C)C(=O)O. The maximum atomic E-state index is 12.2. The maximum absolute atomic E-state index is 12.2. The molecule has 120 valence electrons. The van der Waals surface area contributed by atoms with Crippen molar-refractivity contribution >= 4 is 17.7 Å². The van der Waals surface area contributed by atoms with Gasteiger partial charge >= 0.3 is 5.97 Å². The smallest absolute Gasteiger partial charge is 0.328 e. The molecule has 0 aliphatic heterocycles. The minimum absolute atomic E-state index is 0.0126. The lowest BCUT2D eigenvalue weighted by Crippen LogP contribution is -2.49. The molecule has 0 aromatic heterocycles. The van der Waals surface area contributed by atoms with Crippen molar-refractivity contribution in [1.82, 2.24) is 5.32 Å². The number of carboxylic acids is 1. The number of ketones is 1. The minimum Gasteiger partial charge on any atom is -0.496 e. The predicted molar refractivity (Wildman–Crippen MR) is 81.2 cm³/mol. The van der Waals surface area contributed by atoms with Crippen LogP contribution in [0.1, 0.15) is 42.6 Å². The van der Waals surface area contributed by atoms with Crippen LogP contribution in [-0.4, -0.2) is 35.4 Å². The van der Waals surface area contributed by atoms with Gasteiger partial charge in [-0.1, -0.05) is 11.6 Å². The van der Waals surface area contributed by atoms with E-state index >= 15 is 0 Å². The highest BCUT2D eigenvalue weighted by molar-refractivity contribution is 6.00. The van der Waals surface area contributed by atoms with E-state index < -0.39 is 17.4 Å². The first kappa shape index (κ1) is 17.7. The average Bonchev–Trinajstić information content (AvgIpc) is 2.44. The van der Waals surface area contributed by atoms with E-state index in [-0.39, 0.29) is 18.6 Å². The van der Waals surface area contributed by atoms with E-state index in [0.29, 0.717) is 11.3 Å². The quantitative estimate of drug-likeness (QED) is 0.751. The number of carbonyl (C=O) groups excluding carboxylic acids is 2. The summed E-state index contributed by atoms with van der Waals surface area (Å²) < 4.78 is 5.14. The van der Waals surface area contributed by atoms with Crippen LogP contribution in [0.3, 0.4) is 0 Å². The Morgan fingerprint density at radius 3 is 2.41 bits per heavy atom. The fraction of sp³-hybridized carbons (Fsp3) is 0.438.